The number of aryl methyl sites for hydroxylation is 1. The first-order valence-electron chi connectivity index (χ1n) is 4.88. The van der Waals surface area contributed by atoms with Gasteiger partial charge in [-0.05, 0) is 19.8 Å². The summed E-state index contributed by atoms with van der Waals surface area (Å²) < 4.78 is 1.87. The van der Waals surface area contributed by atoms with Gasteiger partial charge >= 0.3 is 0 Å². The lowest BCUT2D eigenvalue weighted by atomic mass is 10.1. The van der Waals surface area contributed by atoms with E-state index in [0.717, 1.165) is 31.6 Å². The number of aliphatic hydroxyl groups is 1. The molecule has 1 fully saturated rings. The second-order valence-electron chi connectivity index (χ2n) is 3.54. The van der Waals surface area contributed by atoms with Crippen LogP contribution in [0.2, 0.25) is 0 Å². The molecule has 1 aliphatic carbocycles. The van der Waals surface area contributed by atoms with Gasteiger partial charge in [-0.15, -0.1) is 0 Å². The summed E-state index contributed by atoms with van der Waals surface area (Å²) in [6.45, 7) is 2.87. The third kappa shape index (κ3) is 1.46. The predicted molar refractivity (Wildman–Crippen MR) is 48.3 cm³/mol. The highest BCUT2D eigenvalue weighted by atomic mass is 16.3. The monoisotopic (exact) mass is 181 g/mol. The van der Waals surface area contributed by atoms with E-state index in [9.17, 15) is 5.11 Å². The zero-order valence-electron chi connectivity index (χ0n) is 7.85. The molecule has 0 spiro atoms. The van der Waals surface area contributed by atoms with E-state index in [1.807, 2.05) is 11.6 Å². The molecule has 1 aromatic heterocycles. The Labute approximate surface area is 77.6 Å². The van der Waals surface area contributed by atoms with Gasteiger partial charge in [-0.2, -0.15) is 5.10 Å². The molecule has 1 saturated carbocycles. The molecule has 1 N–H and O–H groups in total. The average Bonchev–Trinajstić information content (AvgIpc) is 2.71. The van der Waals surface area contributed by atoms with E-state index in [4.69, 9.17) is 0 Å². The van der Waals surface area contributed by atoms with Crippen LogP contribution < -0.4 is 0 Å². The molecule has 0 aliphatic heterocycles. The van der Waals surface area contributed by atoms with Gasteiger partial charge in [-0.1, -0.05) is 6.42 Å². The van der Waals surface area contributed by atoms with Gasteiger partial charge in [-0.25, -0.2) is 9.67 Å². The minimum atomic E-state index is -0.213. The molecule has 4 nitrogen and oxygen atoms in total. The zero-order chi connectivity index (χ0) is 9.26. The molecule has 2 rings (SSSR count). The van der Waals surface area contributed by atoms with Crippen LogP contribution in [0, 0.1) is 0 Å². The molecule has 13 heavy (non-hydrogen) atoms. The van der Waals surface area contributed by atoms with Gasteiger partial charge in [0.2, 0.25) is 0 Å². The standard InChI is InChI=1S/C9H15N3O/c1-2-12-9(10-6-11-12)7-4-3-5-8(7)13/h6-8,13H,2-5H2,1H3/t7-,8-/m1/s1. The largest absolute Gasteiger partial charge is 0.392 e. The molecule has 2 atom stereocenters. The number of hydrogen-bond donors (Lipinski definition) is 1. The van der Waals surface area contributed by atoms with Crippen molar-refractivity contribution in [3.8, 4) is 0 Å². The van der Waals surface area contributed by atoms with Gasteiger partial charge in [0.25, 0.3) is 0 Å². The lowest BCUT2D eigenvalue weighted by molar-refractivity contribution is 0.158. The highest BCUT2D eigenvalue weighted by molar-refractivity contribution is 5.02. The summed E-state index contributed by atoms with van der Waals surface area (Å²) in [4.78, 5) is 4.21. The van der Waals surface area contributed by atoms with E-state index in [2.05, 4.69) is 10.1 Å². The van der Waals surface area contributed by atoms with Crippen molar-refractivity contribution in [2.45, 2.75) is 44.8 Å². The van der Waals surface area contributed by atoms with Crippen LogP contribution in [0.1, 0.15) is 37.9 Å². The van der Waals surface area contributed by atoms with Crippen molar-refractivity contribution >= 4 is 0 Å². The first-order chi connectivity index (χ1) is 6.33. The van der Waals surface area contributed by atoms with Crippen molar-refractivity contribution in [2.75, 3.05) is 0 Å². The van der Waals surface area contributed by atoms with Crippen molar-refractivity contribution in [3.05, 3.63) is 12.2 Å². The average molecular weight is 181 g/mol. The van der Waals surface area contributed by atoms with Crippen molar-refractivity contribution in [1.29, 1.82) is 0 Å². The Hall–Kier alpha value is -0.900. The van der Waals surface area contributed by atoms with Crippen LogP contribution >= 0.6 is 0 Å². The summed E-state index contributed by atoms with van der Waals surface area (Å²) in [7, 11) is 0. The van der Waals surface area contributed by atoms with Crippen LogP contribution in [-0.4, -0.2) is 26.0 Å². The fraction of sp³-hybridized carbons (Fsp3) is 0.778. The molecular weight excluding hydrogens is 166 g/mol. The smallest absolute Gasteiger partial charge is 0.138 e. The third-order valence-corrected chi connectivity index (χ3v) is 2.76. The van der Waals surface area contributed by atoms with E-state index in [-0.39, 0.29) is 12.0 Å². The van der Waals surface area contributed by atoms with Crippen molar-refractivity contribution in [2.24, 2.45) is 0 Å². The van der Waals surface area contributed by atoms with Crippen LogP contribution in [0.15, 0.2) is 6.33 Å². The molecule has 0 radical (unpaired) electrons. The first-order valence-corrected chi connectivity index (χ1v) is 4.88. The summed E-state index contributed by atoms with van der Waals surface area (Å²) in [5, 5.41) is 13.8. The fourth-order valence-electron chi connectivity index (χ4n) is 2.05. The lowest BCUT2D eigenvalue weighted by Crippen LogP contribution is -2.16. The second-order valence-corrected chi connectivity index (χ2v) is 3.54. The second kappa shape index (κ2) is 3.46. The Bertz CT molecular complexity index is 284. The van der Waals surface area contributed by atoms with E-state index < -0.39 is 0 Å². The number of hydrogen-bond acceptors (Lipinski definition) is 3. The fourth-order valence-corrected chi connectivity index (χ4v) is 2.05. The molecule has 72 valence electrons. The maximum absolute atomic E-state index is 9.70. The van der Waals surface area contributed by atoms with Crippen LogP contribution in [0.4, 0.5) is 0 Å². The number of rotatable bonds is 2. The number of aromatic nitrogens is 3. The molecule has 0 bridgehead atoms. The Balaban J connectivity index is 2.23. The molecule has 4 heteroatoms. The van der Waals surface area contributed by atoms with E-state index in [1.54, 1.807) is 6.33 Å². The minimum Gasteiger partial charge on any atom is -0.392 e. The third-order valence-electron chi connectivity index (χ3n) is 2.76. The zero-order valence-corrected chi connectivity index (χ0v) is 7.85. The van der Waals surface area contributed by atoms with Crippen LogP contribution in [0.25, 0.3) is 0 Å². The molecule has 0 amide bonds. The predicted octanol–water partition coefficient (Wildman–Crippen LogP) is 0.926. The van der Waals surface area contributed by atoms with E-state index in [1.165, 1.54) is 0 Å². The SMILES string of the molecule is CCn1ncnc1[C@@H]1CCC[C@H]1O. The summed E-state index contributed by atoms with van der Waals surface area (Å²) in [6.07, 6.45) is 4.41. The van der Waals surface area contributed by atoms with Gasteiger partial charge in [0.1, 0.15) is 12.2 Å². The summed E-state index contributed by atoms with van der Waals surface area (Å²) in [6, 6.07) is 0. The highest BCUT2D eigenvalue weighted by Crippen LogP contribution is 2.33. The highest BCUT2D eigenvalue weighted by Gasteiger charge is 2.30. The molecule has 1 aliphatic rings. The lowest BCUT2D eigenvalue weighted by Gasteiger charge is -2.13. The van der Waals surface area contributed by atoms with Gasteiger partial charge in [0.15, 0.2) is 0 Å². The first kappa shape index (κ1) is 8.69. The molecular formula is C9H15N3O. The van der Waals surface area contributed by atoms with Gasteiger partial charge < -0.3 is 5.11 Å². The Morgan fingerprint density at radius 1 is 1.62 bits per heavy atom. The van der Waals surface area contributed by atoms with Crippen molar-refractivity contribution < 1.29 is 5.11 Å². The topological polar surface area (TPSA) is 50.9 Å². The Morgan fingerprint density at radius 2 is 2.46 bits per heavy atom. The number of aliphatic hydroxyl groups excluding tert-OH is 1. The number of nitrogens with zero attached hydrogens (tertiary/aromatic N) is 3. The molecule has 0 unspecified atom stereocenters. The quantitative estimate of drug-likeness (QED) is 0.738. The van der Waals surface area contributed by atoms with Crippen LogP contribution in [0.3, 0.4) is 0 Å². The molecule has 1 heterocycles. The Kier molecular flexibility index (Phi) is 2.31. The normalized spacial score (nSPS) is 28.2. The van der Waals surface area contributed by atoms with Crippen molar-refractivity contribution in [3.63, 3.8) is 0 Å². The Morgan fingerprint density at radius 3 is 3.08 bits per heavy atom. The van der Waals surface area contributed by atoms with E-state index in [0.29, 0.717) is 0 Å². The maximum Gasteiger partial charge on any atom is 0.138 e. The van der Waals surface area contributed by atoms with Gasteiger partial charge in [0.05, 0.1) is 6.10 Å². The van der Waals surface area contributed by atoms with Crippen LogP contribution in [0.5, 0.6) is 0 Å². The van der Waals surface area contributed by atoms with Gasteiger partial charge in [-0.3, -0.25) is 0 Å². The molecule has 1 aromatic rings. The molecule has 0 saturated heterocycles. The van der Waals surface area contributed by atoms with E-state index >= 15 is 0 Å². The minimum absolute atomic E-state index is 0.211. The summed E-state index contributed by atoms with van der Waals surface area (Å²) in [5.74, 6) is 1.16. The summed E-state index contributed by atoms with van der Waals surface area (Å²) >= 11 is 0. The molecule has 0 aromatic carbocycles. The maximum atomic E-state index is 9.70. The summed E-state index contributed by atoms with van der Waals surface area (Å²) in [5.41, 5.74) is 0. The van der Waals surface area contributed by atoms with Crippen molar-refractivity contribution in [1.82, 2.24) is 14.8 Å². The van der Waals surface area contributed by atoms with Gasteiger partial charge in [0, 0.05) is 12.5 Å². The van der Waals surface area contributed by atoms with Crippen LogP contribution in [-0.2, 0) is 6.54 Å².